The molecule has 5 N–H and O–H groups in total. The number of nitrogens with zero attached hydrogens (tertiary/aromatic N) is 3. The predicted molar refractivity (Wildman–Crippen MR) is 184 cm³/mol. The lowest BCUT2D eigenvalue weighted by Crippen LogP contribution is -2.52. The molecule has 3 rings (SSSR count). The summed E-state index contributed by atoms with van der Waals surface area (Å²) in [5.41, 5.74) is 8.54. The number of aliphatic imine (C=N–C) groups is 1. The SMILES string of the molecule is CC(C)CC(C=O)NC(=O)C(CCCN=C(N)NN=O)NC(=O)C(CCCCCCCCN1C(=O)c2ccccc2C1=O)C1CCCC1. The van der Waals surface area contributed by atoms with Crippen LogP contribution in [0.2, 0.25) is 0 Å². The summed E-state index contributed by atoms with van der Waals surface area (Å²) in [7, 11) is 0. The number of nitroso groups, excluding NO2 is 1. The molecule has 1 saturated carbocycles. The van der Waals surface area contributed by atoms with Gasteiger partial charge in [0.2, 0.25) is 17.8 Å². The van der Waals surface area contributed by atoms with Crippen LogP contribution >= 0.6 is 0 Å². The number of hydrogen-bond donors (Lipinski definition) is 4. The van der Waals surface area contributed by atoms with Crippen LogP contribution < -0.4 is 21.8 Å². The van der Waals surface area contributed by atoms with Crippen LogP contribution in [0.5, 0.6) is 0 Å². The van der Waals surface area contributed by atoms with Gasteiger partial charge in [0, 0.05) is 19.0 Å². The van der Waals surface area contributed by atoms with Crippen LogP contribution in [0.1, 0.15) is 124 Å². The molecule has 0 spiro atoms. The van der Waals surface area contributed by atoms with E-state index in [1.807, 2.05) is 19.3 Å². The zero-order chi connectivity index (χ0) is 34.9. The highest BCUT2D eigenvalue weighted by molar-refractivity contribution is 6.21. The lowest BCUT2D eigenvalue weighted by Gasteiger charge is -2.27. The molecule has 13 heteroatoms. The Balaban J connectivity index is 1.49. The fourth-order valence-electron chi connectivity index (χ4n) is 6.79. The van der Waals surface area contributed by atoms with E-state index in [1.165, 1.54) is 4.90 Å². The molecule has 1 heterocycles. The molecular formula is C35H53N7O6. The third kappa shape index (κ3) is 11.8. The summed E-state index contributed by atoms with van der Waals surface area (Å²) in [5.74, 6) is -0.831. The Morgan fingerprint density at radius 2 is 1.54 bits per heavy atom. The second-order valence-corrected chi connectivity index (χ2v) is 13.4. The van der Waals surface area contributed by atoms with E-state index in [2.05, 4.69) is 20.9 Å². The zero-order valence-corrected chi connectivity index (χ0v) is 28.5. The van der Waals surface area contributed by atoms with Gasteiger partial charge in [0.25, 0.3) is 11.8 Å². The van der Waals surface area contributed by atoms with E-state index in [4.69, 9.17) is 5.73 Å². The fraction of sp³-hybridized carbons (Fsp3) is 0.657. The number of unbranched alkanes of at least 4 members (excludes halogenated alkanes) is 5. The lowest BCUT2D eigenvalue weighted by molar-refractivity contribution is -0.133. The topological polar surface area (TPSA) is 192 Å². The number of imide groups is 1. The van der Waals surface area contributed by atoms with Crippen LogP contribution in [0.25, 0.3) is 0 Å². The molecule has 1 aromatic carbocycles. The molecule has 0 radical (unpaired) electrons. The van der Waals surface area contributed by atoms with Crippen molar-refractivity contribution in [1.82, 2.24) is 21.0 Å². The first-order chi connectivity index (χ1) is 23.2. The third-order valence-corrected chi connectivity index (χ3v) is 9.27. The number of benzene rings is 1. The van der Waals surface area contributed by atoms with E-state index in [-0.39, 0.29) is 54.4 Å². The molecule has 48 heavy (non-hydrogen) atoms. The van der Waals surface area contributed by atoms with E-state index in [0.717, 1.165) is 76.9 Å². The predicted octanol–water partition coefficient (Wildman–Crippen LogP) is 4.40. The zero-order valence-electron chi connectivity index (χ0n) is 28.5. The molecule has 2 aliphatic rings. The molecule has 1 aliphatic heterocycles. The van der Waals surface area contributed by atoms with Crippen molar-refractivity contribution in [2.24, 2.45) is 33.8 Å². The Morgan fingerprint density at radius 1 is 0.917 bits per heavy atom. The summed E-state index contributed by atoms with van der Waals surface area (Å²) in [6.07, 6.45) is 12.3. The molecule has 0 bridgehead atoms. The summed E-state index contributed by atoms with van der Waals surface area (Å²) >= 11 is 0. The largest absolute Gasteiger partial charge is 0.368 e. The van der Waals surface area contributed by atoms with Gasteiger partial charge in [0.05, 0.1) is 22.5 Å². The van der Waals surface area contributed by atoms with E-state index >= 15 is 0 Å². The Morgan fingerprint density at radius 3 is 2.15 bits per heavy atom. The molecule has 13 nitrogen and oxygen atoms in total. The minimum atomic E-state index is -0.841. The second kappa shape index (κ2) is 20.3. The number of carbonyl (C=O) groups excluding carboxylic acids is 5. The van der Waals surface area contributed by atoms with Crippen molar-refractivity contribution in [2.75, 3.05) is 13.1 Å². The number of fused-ring (bicyclic) bond motifs is 1. The summed E-state index contributed by atoms with van der Waals surface area (Å²) < 4.78 is 0. The Labute approximate surface area is 283 Å². The Kier molecular flexibility index (Phi) is 16.2. The van der Waals surface area contributed by atoms with Crippen molar-refractivity contribution in [1.29, 1.82) is 0 Å². The second-order valence-electron chi connectivity index (χ2n) is 13.4. The van der Waals surface area contributed by atoms with Crippen LogP contribution in [0.4, 0.5) is 0 Å². The van der Waals surface area contributed by atoms with Gasteiger partial charge in [0.1, 0.15) is 12.3 Å². The monoisotopic (exact) mass is 667 g/mol. The smallest absolute Gasteiger partial charge is 0.261 e. The standard InChI is InChI=1S/C35H53N7O6/c1-24(2)22-26(23-43)38-32(45)30(19-13-20-37-35(36)40-41-48)39-31(44)27(25-14-8-9-15-25)16-7-5-3-4-6-12-21-42-33(46)28-17-10-11-18-29(28)34(42)47/h10-11,17-18,23-27,30H,3-9,12-16,19-22H2,1-2H3,(H,38,45)(H,39,44)(H3,36,37,40,48). The maximum absolute atomic E-state index is 13.7. The van der Waals surface area contributed by atoms with Crippen LogP contribution in [0, 0.1) is 22.7 Å². The minimum absolute atomic E-state index is 0.128. The van der Waals surface area contributed by atoms with Gasteiger partial charge in [0.15, 0.2) is 0 Å². The number of guanidine groups is 1. The molecule has 264 valence electrons. The average Bonchev–Trinajstić information content (AvgIpc) is 3.68. The molecule has 3 atom stereocenters. The summed E-state index contributed by atoms with van der Waals surface area (Å²) in [5, 5.41) is 8.28. The first kappa shape index (κ1) is 38.3. The van der Waals surface area contributed by atoms with E-state index in [1.54, 1.807) is 24.3 Å². The minimum Gasteiger partial charge on any atom is -0.368 e. The highest BCUT2D eigenvalue weighted by atomic mass is 16.3. The number of aldehydes is 1. The number of nitrogens with two attached hydrogens (primary N) is 1. The highest BCUT2D eigenvalue weighted by Crippen LogP contribution is 2.34. The van der Waals surface area contributed by atoms with Gasteiger partial charge in [-0.25, -0.2) is 5.43 Å². The van der Waals surface area contributed by atoms with Crippen molar-refractivity contribution in [3.8, 4) is 0 Å². The quantitative estimate of drug-likeness (QED) is 0.0266. The Bertz CT molecular complexity index is 1240. The molecule has 4 amide bonds. The van der Waals surface area contributed by atoms with Crippen molar-refractivity contribution in [2.45, 2.75) is 116 Å². The molecule has 1 aliphatic carbocycles. The number of hydrogen-bond acceptors (Lipinski definition) is 8. The van der Waals surface area contributed by atoms with Gasteiger partial charge in [-0.05, 0) is 68.9 Å². The molecule has 0 saturated heterocycles. The fourth-order valence-corrected chi connectivity index (χ4v) is 6.79. The molecular weight excluding hydrogens is 614 g/mol. The number of carbonyl (C=O) groups is 5. The molecule has 1 fully saturated rings. The van der Waals surface area contributed by atoms with Crippen LogP contribution in [0.3, 0.4) is 0 Å². The number of amides is 4. The molecule has 1 aromatic rings. The van der Waals surface area contributed by atoms with E-state index < -0.39 is 18.0 Å². The van der Waals surface area contributed by atoms with Crippen LogP contribution in [-0.4, -0.2) is 65.9 Å². The Hall–Kier alpha value is -4.16. The summed E-state index contributed by atoms with van der Waals surface area (Å²) in [6, 6.07) is 5.45. The van der Waals surface area contributed by atoms with Gasteiger partial charge in [-0.1, -0.05) is 70.9 Å². The maximum atomic E-state index is 13.7. The van der Waals surface area contributed by atoms with Gasteiger partial charge >= 0.3 is 0 Å². The number of rotatable bonds is 22. The van der Waals surface area contributed by atoms with Crippen molar-refractivity contribution in [3.63, 3.8) is 0 Å². The summed E-state index contributed by atoms with van der Waals surface area (Å²) in [4.78, 5) is 79.5. The van der Waals surface area contributed by atoms with Crippen molar-refractivity contribution in [3.05, 3.63) is 40.3 Å². The summed E-state index contributed by atoms with van der Waals surface area (Å²) in [6.45, 7) is 4.58. The van der Waals surface area contributed by atoms with E-state index in [9.17, 15) is 28.9 Å². The number of nitrogens with one attached hydrogen (secondary N) is 3. The van der Waals surface area contributed by atoms with Crippen LogP contribution in [-0.2, 0) is 14.4 Å². The lowest BCUT2D eigenvalue weighted by atomic mass is 9.85. The first-order valence-electron chi connectivity index (χ1n) is 17.6. The maximum Gasteiger partial charge on any atom is 0.261 e. The van der Waals surface area contributed by atoms with Gasteiger partial charge < -0.3 is 21.2 Å². The van der Waals surface area contributed by atoms with Crippen LogP contribution in [0.15, 0.2) is 34.5 Å². The molecule has 0 aromatic heterocycles. The van der Waals surface area contributed by atoms with Gasteiger partial charge in [-0.3, -0.25) is 29.1 Å². The van der Waals surface area contributed by atoms with Gasteiger partial charge in [-0.15, -0.1) is 4.91 Å². The highest BCUT2D eigenvalue weighted by Gasteiger charge is 2.35. The first-order valence-corrected chi connectivity index (χ1v) is 17.6. The van der Waals surface area contributed by atoms with Crippen molar-refractivity contribution >= 4 is 35.9 Å². The van der Waals surface area contributed by atoms with E-state index in [0.29, 0.717) is 30.5 Å². The normalized spacial score (nSPS) is 16.8. The average molecular weight is 668 g/mol. The van der Waals surface area contributed by atoms with Crippen molar-refractivity contribution < 1.29 is 24.0 Å². The molecule has 3 unspecified atom stereocenters. The van der Waals surface area contributed by atoms with Gasteiger partial charge in [-0.2, -0.15) is 0 Å². The third-order valence-electron chi connectivity index (χ3n) is 9.27.